The molecule has 1 aliphatic rings. The Labute approximate surface area is 185 Å². The summed E-state index contributed by atoms with van der Waals surface area (Å²) in [6.45, 7) is 4.89. The third kappa shape index (κ3) is 4.45. The summed E-state index contributed by atoms with van der Waals surface area (Å²) in [5.41, 5.74) is 3.17. The van der Waals surface area contributed by atoms with Gasteiger partial charge in [-0.1, -0.05) is 55.0 Å². The summed E-state index contributed by atoms with van der Waals surface area (Å²) >= 11 is 3.10. The molecule has 0 spiro atoms. The lowest BCUT2D eigenvalue weighted by Gasteiger charge is -2.35. The fraction of sp³-hybridized carbons (Fsp3) is 0.250. The van der Waals surface area contributed by atoms with E-state index < -0.39 is 11.2 Å². The molecule has 30 heavy (non-hydrogen) atoms. The summed E-state index contributed by atoms with van der Waals surface area (Å²) in [6.07, 6.45) is 0. The third-order valence-electron chi connectivity index (χ3n) is 5.27. The standard InChI is InChI=1S/C24H24N2O2S2/c1-16-9-11-18(12-10-16)15-26-20-7-3-4-8-21(20)30-22(24(26)28)17(2)23(27)25-14-19-6-5-13-29-19/h3-13,17,22H,14-15H2,1-2H3,(H,25,27). The van der Waals surface area contributed by atoms with Crippen molar-refractivity contribution >= 4 is 40.6 Å². The van der Waals surface area contributed by atoms with Crippen LogP contribution in [0.3, 0.4) is 0 Å². The first-order valence-corrected chi connectivity index (χ1v) is 11.7. The molecule has 0 radical (unpaired) electrons. The number of para-hydroxylation sites is 1. The van der Waals surface area contributed by atoms with E-state index >= 15 is 0 Å². The van der Waals surface area contributed by atoms with Crippen LogP contribution in [0.4, 0.5) is 5.69 Å². The lowest BCUT2D eigenvalue weighted by atomic mass is 10.0. The van der Waals surface area contributed by atoms with Crippen molar-refractivity contribution in [2.45, 2.75) is 37.1 Å². The molecule has 2 aromatic carbocycles. The zero-order valence-electron chi connectivity index (χ0n) is 17.0. The Balaban J connectivity index is 1.54. The summed E-state index contributed by atoms with van der Waals surface area (Å²) in [5.74, 6) is -0.543. The summed E-state index contributed by atoms with van der Waals surface area (Å²) in [4.78, 5) is 30.2. The van der Waals surface area contributed by atoms with Gasteiger partial charge >= 0.3 is 0 Å². The van der Waals surface area contributed by atoms with Crippen LogP contribution in [0.1, 0.15) is 22.9 Å². The van der Waals surface area contributed by atoms with Gasteiger partial charge in [0.1, 0.15) is 5.25 Å². The molecule has 2 heterocycles. The second-order valence-corrected chi connectivity index (χ2v) is 9.72. The van der Waals surface area contributed by atoms with Gasteiger partial charge in [-0.25, -0.2) is 0 Å². The number of hydrogen-bond donors (Lipinski definition) is 1. The maximum atomic E-state index is 13.5. The molecule has 2 amide bonds. The quantitative estimate of drug-likeness (QED) is 0.590. The van der Waals surface area contributed by atoms with Crippen LogP contribution >= 0.6 is 23.1 Å². The van der Waals surface area contributed by atoms with Crippen LogP contribution in [0.5, 0.6) is 0 Å². The number of benzene rings is 2. The number of carbonyl (C=O) groups excluding carboxylic acids is 2. The molecular weight excluding hydrogens is 412 g/mol. The van der Waals surface area contributed by atoms with Gasteiger partial charge in [0, 0.05) is 9.77 Å². The number of carbonyl (C=O) groups is 2. The molecule has 3 aromatic rings. The number of thiophene rings is 1. The number of thioether (sulfide) groups is 1. The third-order valence-corrected chi connectivity index (χ3v) is 7.60. The number of rotatable bonds is 6. The van der Waals surface area contributed by atoms with Crippen LogP contribution in [0, 0.1) is 12.8 Å². The average Bonchev–Trinajstić information content (AvgIpc) is 3.28. The van der Waals surface area contributed by atoms with Gasteiger partial charge in [0.05, 0.1) is 24.7 Å². The molecular formula is C24H24N2O2S2. The highest BCUT2D eigenvalue weighted by Gasteiger charge is 2.39. The van der Waals surface area contributed by atoms with Gasteiger partial charge in [-0.2, -0.15) is 0 Å². The second kappa shape index (κ2) is 9.06. The van der Waals surface area contributed by atoms with Crippen molar-refractivity contribution < 1.29 is 9.59 Å². The molecule has 6 heteroatoms. The zero-order chi connectivity index (χ0) is 21.1. The number of anilines is 1. The fourth-order valence-corrected chi connectivity index (χ4v) is 5.41. The number of nitrogens with zero attached hydrogens (tertiary/aromatic N) is 1. The fourth-order valence-electron chi connectivity index (χ4n) is 3.48. The summed E-state index contributed by atoms with van der Waals surface area (Å²) in [6, 6.07) is 20.1. The van der Waals surface area contributed by atoms with Crippen molar-refractivity contribution in [2.75, 3.05) is 4.90 Å². The highest BCUT2D eigenvalue weighted by atomic mass is 32.2. The summed E-state index contributed by atoms with van der Waals surface area (Å²) in [7, 11) is 0. The minimum absolute atomic E-state index is 0.0157. The van der Waals surface area contributed by atoms with E-state index in [2.05, 4.69) is 29.6 Å². The minimum Gasteiger partial charge on any atom is -0.351 e. The molecule has 1 N–H and O–H groups in total. The van der Waals surface area contributed by atoms with E-state index in [0.29, 0.717) is 13.1 Å². The predicted octanol–water partition coefficient (Wildman–Crippen LogP) is 5.02. The van der Waals surface area contributed by atoms with Gasteiger partial charge < -0.3 is 10.2 Å². The zero-order valence-corrected chi connectivity index (χ0v) is 18.6. The highest BCUT2D eigenvalue weighted by molar-refractivity contribution is 8.01. The van der Waals surface area contributed by atoms with E-state index in [1.807, 2.05) is 60.5 Å². The molecule has 4 rings (SSSR count). The number of amides is 2. The number of fused-ring (bicyclic) bond motifs is 1. The Bertz CT molecular complexity index is 1030. The topological polar surface area (TPSA) is 49.4 Å². The summed E-state index contributed by atoms with van der Waals surface area (Å²) in [5, 5.41) is 4.53. The smallest absolute Gasteiger partial charge is 0.241 e. The van der Waals surface area contributed by atoms with Gasteiger partial charge in [-0.3, -0.25) is 9.59 Å². The molecule has 2 atom stereocenters. The Morgan fingerprint density at radius 1 is 1.10 bits per heavy atom. The van der Waals surface area contributed by atoms with Crippen LogP contribution in [0.15, 0.2) is 70.9 Å². The normalized spacial score (nSPS) is 16.8. The maximum absolute atomic E-state index is 13.5. The Hall–Kier alpha value is -2.57. The molecule has 0 aliphatic carbocycles. The SMILES string of the molecule is Cc1ccc(CN2C(=O)C(C(C)C(=O)NCc3cccs3)Sc3ccccc32)cc1. The monoisotopic (exact) mass is 436 g/mol. The van der Waals surface area contributed by atoms with Crippen LogP contribution < -0.4 is 10.2 Å². The van der Waals surface area contributed by atoms with Gasteiger partial charge in [0.25, 0.3) is 0 Å². The van der Waals surface area contributed by atoms with E-state index in [-0.39, 0.29) is 11.8 Å². The van der Waals surface area contributed by atoms with Crippen molar-refractivity contribution in [1.82, 2.24) is 5.32 Å². The van der Waals surface area contributed by atoms with E-state index in [4.69, 9.17) is 0 Å². The molecule has 0 fully saturated rings. The number of hydrogen-bond acceptors (Lipinski definition) is 4. The molecule has 154 valence electrons. The van der Waals surface area contributed by atoms with Crippen LogP contribution in [0.2, 0.25) is 0 Å². The Kier molecular flexibility index (Phi) is 6.25. The van der Waals surface area contributed by atoms with Crippen molar-refractivity contribution in [3.8, 4) is 0 Å². The Morgan fingerprint density at radius 2 is 1.87 bits per heavy atom. The van der Waals surface area contributed by atoms with Crippen molar-refractivity contribution in [2.24, 2.45) is 5.92 Å². The van der Waals surface area contributed by atoms with Gasteiger partial charge in [0.15, 0.2) is 0 Å². The van der Waals surface area contributed by atoms with Crippen molar-refractivity contribution in [3.05, 3.63) is 82.0 Å². The predicted molar refractivity (Wildman–Crippen MR) is 124 cm³/mol. The number of aryl methyl sites for hydroxylation is 1. The molecule has 0 bridgehead atoms. The van der Waals surface area contributed by atoms with Crippen LogP contribution in [-0.4, -0.2) is 17.1 Å². The lowest BCUT2D eigenvalue weighted by Crippen LogP contribution is -2.47. The van der Waals surface area contributed by atoms with Crippen molar-refractivity contribution in [3.63, 3.8) is 0 Å². The van der Waals surface area contributed by atoms with Gasteiger partial charge in [-0.05, 0) is 36.1 Å². The first kappa shape index (κ1) is 20.7. The molecule has 1 aliphatic heterocycles. The van der Waals surface area contributed by atoms with E-state index in [9.17, 15) is 9.59 Å². The largest absolute Gasteiger partial charge is 0.351 e. The highest BCUT2D eigenvalue weighted by Crippen LogP contribution is 2.42. The Morgan fingerprint density at radius 3 is 2.60 bits per heavy atom. The lowest BCUT2D eigenvalue weighted by molar-refractivity contribution is -0.128. The van der Waals surface area contributed by atoms with Crippen LogP contribution in [-0.2, 0) is 22.7 Å². The first-order valence-electron chi connectivity index (χ1n) is 9.95. The molecule has 0 saturated heterocycles. The van der Waals surface area contributed by atoms with Gasteiger partial charge in [-0.15, -0.1) is 23.1 Å². The first-order chi connectivity index (χ1) is 14.5. The molecule has 1 aromatic heterocycles. The average molecular weight is 437 g/mol. The van der Waals surface area contributed by atoms with E-state index in [1.54, 1.807) is 11.3 Å². The second-order valence-electron chi connectivity index (χ2n) is 7.50. The molecule has 0 saturated carbocycles. The molecule has 4 nitrogen and oxygen atoms in total. The van der Waals surface area contributed by atoms with E-state index in [0.717, 1.165) is 21.0 Å². The minimum atomic E-state index is -0.450. The van der Waals surface area contributed by atoms with E-state index in [1.165, 1.54) is 17.3 Å². The maximum Gasteiger partial charge on any atom is 0.241 e. The summed E-state index contributed by atoms with van der Waals surface area (Å²) < 4.78 is 0. The van der Waals surface area contributed by atoms with Crippen molar-refractivity contribution in [1.29, 1.82) is 0 Å². The van der Waals surface area contributed by atoms with Crippen LogP contribution in [0.25, 0.3) is 0 Å². The molecule has 2 unspecified atom stereocenters. The number of nitrogens with one attached hydrogen (secondary N) is 1. The van der Waals surface area contributed by atoms with Gasteiger partial charge in [0.2, 0.25) is 11.8 Å².